The van der Waals surface area contributed by atoms with Gasteiger partial charge >= 0.3 is 0 Å². The number of anilines is 4. The summed E-state index contributed by atoms with van der Waals surface area (Å²) in [6, 6.07) is 13.4. The van der Waals surface area contributed by atoms with E-state index in [-0.39, 0.29) is 0 Å². The fourth-order valence-corrected chi connectivity index (χ4v) is 2.81. The van der Waals surface area contributed by atoms with E-state index in [0.29, 0.717) is 35.4 Å². The second-order valence-corrected chi connectivity index (χ2v) is 6.20. The Morgan fingerprint density at radius 3 is 2.28 bits per heavy atom. The van der Waals surface area contributed by atoms with E-state index in [9.17, 15) is 0 Å². The van der Waals surface area contributed by atoms with Crippen LogP contribution in [-0.2, 0) is 6.42 Å². The monoisotopic (exact) mass is 395 g/mol. The number of ether oxygens (including phenoxy) is 3. The molecule has 0 saturated carbocycles. The number of rotatable bonds is 9. The number of nitrogen functional groups attached to an aromatic ring is 1. The van der Waals surface area contributed by atoms with E-state index >= 15 is 0 Å². The maximum Gasteiger partial charge on any atom is 0.160 e. The van der Waals surface area contributed by atoms with Gasteiger partial charge in [0.05, 0.1) is 21.3 Å². The van der Waals surface area contributed by atoms with E-state index in [4.69, 9.17) is 19.9 Å². The lowest BCUT2D eigenvalue weighted by molar-refractivity contribution is 0.354. The van der Waals surface area contributed by atoms with Crippen LogP contribution < -0.4 is 30.6 Å². The summed E-state index contributed by atoms with van der Waals surface area (Å²) in [4.78, 5) is 8.48. The Bertz CT molecular complexity index is 948. The topological polar surface area (TPSA) is 104 Å². The highest BCUT2D eigenvalue weighted by Gasteiger charge is 2.09. The molecular formula is C21H25N5O3. The van der Waals surface area contributed by atoms with Gasteiger partial charge in [-0.2, -0.15) is 0 Å². The summed E-state index contributed by atoms with van der Waals surface area (Å²) in [6.45, 7) is 0.651. The molecule has 0 saturated heterocycles. The first-order chi connectivity index (χ1) is 14.1. The number of nitrogens with zero attached hydrogens (tertiary/aromatic N) is 2. The van der Waals surface area contributed by atoms with Crippen molar-refractivity contribution >= 4 is 23.0 Å². The summed E-state index contributed by atoms with van der Waals surface area (Å²) in [5.74, 6) is 3.31. The van der Waals surface area contributed by atoms with Crippen LogP contribution in [0.15, 0.2) is 48.8 Å². The molecule has 0 spiro atoms. The first-order valence-electron chi connectivity index (χ1n) is 9.11. The number of hydrogen-bond acceptors (Lipinski definition) is 8. The summed E-state index contributed by atoms with van der Waals surface area (Å²) < 4.78 is 15.8. The smallest absolute Gasteiger partial charge is 0.160 e. The number of hydrogen-bond donors (Lipinski definition) is 3. The molecule has 3 aromatic rings. The van der Waals surface area contributed by atoms with Crippen LogP contribution in [0.3, 0.4) is 0 Å². The Morgan fingerprint density at radius 1 is 0.862 bits per heavy atom. The molecule has 8 nitrogen and oxygen atoms in total. The summed E-state index contributed by atoms with van der Waals surface area (Å²) >= 11 is 0. The first kappa shape index (κ1) is 20.1. The molecule has 0 aliphatic heterocycles. The minimum Gasteiger partial charge on any atom is -0.497 e. The molecule has 8 heteroatoms. The Hall–Kier alpha value is -3.68. The molecule has 0 atom stereocenters. The zero-order valence-electron chi connectivity index (χ0n) is 16.7. The molecule has 0 radical (unpaired) electrons. The lowest BCUT2D eigenvalue weighted by Gasteiger charge is -2.13. The lowest BCUT2D eigenvalue weighted by Crippen LogP contribution is -2.10. The van der Waals surface area contributed by atoms with Gasteiger partial charge in [0.25, 0.3) is 0 Å². The van der Waals surface area contributed by atoms with Crippen molar-refractivity contribution in [1.82, 2.24) is 9.97 Å². The second kappa shape index (κ2) is 9.50. The minimum atomic E-state index is 0.454. The van der Waals surface area contributed by atoms with Crippen LogP contribution in [0.5, 0.6) is 17.2 Å². The van der Waals surface area contributed by atoms with Crippen molar-refractivity contribution in [3.8, 4) is 17.2 Å². The average Bonchev–Trinajstić information content (AvgIpc) is 2.76. The molecule has 152 valence electrons. The Balaban J connectivity index is 1.63. The van der Waals surface area contributed by atoms with Crippen molar-refractivity contribution in [1.29, 1.82) is 0 Å². The third-order valence-corrected chi connectivity index (χ3v) is 4.39. The molecule has 0 fully saturated rings. The van der Waals surface area contributed by atoms with Gasteiger partial charge in [0.15, 0.2) is 23.1 Å². The van der Waals surface area contributed by atoms with Crippen LogP contribution in [0, 0.1) is 0 Å². The highest BCUT2D eigenvalue weighted by Crippen LogP contribution is 2.29. The maximum absolute atomic E-state index is 6.24. The molecule has 4 N–H and O–H groups in total. The van der Waals surface area contributed by atoms with Crippen LogP contribution in [0.25, 0.3) is 0 Å². The SMILES string of the molecule is COc1ccc(Nc2ncnc(NCCc3ccc(OC)c(OC)c3)c2N)cc1. The van der Waals surface area contributed by atoms with E-state index in [1.54, 1.807) is 21.3 Å². The van der Waals surface area contributed by atoms with Gasteiger partial charge in [0.1, 0.15) is 17.8 Å². The molecule has 0 bridgehead atoms. The van der Waals surface area contributed by atoms with E-state index < -0.39 is 0 Å². The third-order valence-electron chi connectivity index (χ3n) is 4.39. The summed E-state index contributed by atoms with van der Waals surface area (Å²) in [5, 5.41) is 6.46. The van der Waals surface area contributed by atoms with Crippen LogP contribution in [0.4, 0.5) is 23.0 Å². The largest absolute Gasteiger partial charge is 0.497 e. The van der Waals surface area contributed by atoms with Crippen molar-refractivity contribution in [2.24, 2.45) is 0 Å². The number of nitrogens with two attached hydrogens (primary N) is 1. The predicted molar refractivity (Wildman–Crippen MR) is 114 cm³/mol. The summed E-state index contributed by atoms with van der Waals surface area (Å²) in [6.07, 6.45) is 2.24. The van der Waals surface area contributed by atoms with Crippen molar-refractivity contribution in [2.75, 3.05) is 44.2 Å². The standard InChI is InChI=1S/C21H25N5O3/c1-27-16-7-5-15(6-8-16)26-21-19(22)20(24-13-25-21)23-11-10-14-4-9-17(28-2)18(12-14)29-3/h4-9,12-13H,10-11,22H2,1-3H3,(H2,23,24,25,26). The summed E-state index contributed by atoms with van der Waals surface area (Å²) in [5.41, 5.74) is 8.66. The van der Waals surface area contributed by atoms with E-state index in [2.05, 4.69) is 20.6 Å². The Morgan fingerprint density at radius 2 is 1.59 bits per heavy atom. The van der Waals surface area contributed by atoms with Crippen molar-refractivity contribution in [2.45, 2.75) is 6.42 Å². The van der Waals surface area contributed by atoms with Crippen LogP contribution in [0.1, 0.15) is 5.56 Å². The Kier molecular flexibility index (Phi) is 6.57. The van der Waals surface area contributed by atoms with Gasteiger partial charge in [-0.25, -0.2) is 9.97 Å². The molecular weight excluding hydrogens is 370 g/mol. The number of benzene rings is 2. The Labute approximate surface area is 170 Å². The van der Waals surface area contributed by atoms with Gasteiger partial charge in [0, 0.05) is 12.2 Å². The van der Waals surface area contributed by atoms with E-state index in [1.807, 2.05) is 42.5 Å². The quantitative estimate of drug-likeness (QED) is 0.506. The van der Waals surface area contributed by atoms with Crippen LogP contribution in [0.2, 0.25) is 0 Å². The molecule has 0 aliphatic carbocycles. The van der Waals surface area contributed by atoms with Gasteiger partial charge in [-0.3, -0.25) is 0 Å². The van der Waals surface area contributed by atoms with Crippen LogP contribution in [-0.4, -0.2) is 37.8 Å². The van der Waals surface area contributed by atoms with Crippen molar-refractivity contribution in [3.63, 3.8) is 0 Å². The molecule has 1 heterocycles. The second-order valence-electron chi connectivity index (χ2n) is 6.20. The van der Waals surface area contributed by atoms with Crippen molar-refractivity contribution < 1.29 is 14.2 Å². The molecule has 0 unspecified atom stereocenters. The maximum atomic E-state index is 6.24. The summed E-state index contributed by atoms with van der Waals surface area (Å²) in [7, 11) is 4.87. The van der Waals surface area contributed by atoms with E-state index in [0.717, 1.165) is 23.4 Å². The normalized spacial score (nSPS) is 10.3. The van der Waals surface area contributed by atoms with Gasteiger partial charge < -0.3 is 30.6 Å². The zero-order valence-corrected chi connectivity index (χ0v) is 16.7. The van der Waals surface area contributed by atoms with Gasteiger partial charge in [-0.1, -0.05) is 6.07 Å². The highest BCUT2D eigenvalue weighted by atomic mass is 16.5. The third kappa shape index (κ3) is 4.98. The number of nitrogens with one attached hydrogen (secondary N) is 2. The van der Waals surface area contributed by atoms with Gasteiger partial charge in [-0.15, -0.1) is 0 Å². The lowest BCUT2D eigenvalue weighted by atomic mass is 10.1. The number of aromatic nitrogens is 2. The molecule has 29 heavy (non-hydrogen) atoms. The molecule has 0 amide bonds. The van der Waals surface area contributed by atoms with Crippen LogP contribution >= 0.6 is 0 Å². The van der Waals surface area contributed by atoms with Crippen molar-refractivity contribution in [3.05, 3.63) is 54.4 Å². The predicted octanol–water partition coefficient (Wildman–Crippen LogP) is 3.48. The van der Waals surface area contributed by atoms with E-state index in [1.165, 1.54) is 6.33 Å². The highest BCUT2D eigenvalue weighted by molar-refractivity contribution is 5.77. The zero-order chi connectivity index (χ0) is 20.6. The average molecular weight is 395 g/mol. The first-order valence-corrected chi connectivity index (χ1v) is 9.11. The van der Waals surface area contributed by atoms with Gasteiger partial charge in [-0.05, 0) is 48.4 Å². The fraction of sp³-hybridized carbons (Fsp3) is 0.238. The molecule has 3 rings (SSSR count). The molecule has 2 aromatic carbocycles. The van der Waals surface area contributed by atoms with Gasteiger partial charge in [0.2, 0.25) is 0 Å². The number of methoxy groups -OCH3 is 3. The molecule has 1 aromatic heterocycles. The minimum absolute atomic E-state index is 0.454. The molecule has 0 aliphatic rings. The fourth-order valence-electron chi connectivity index (χ4n) is 2.81.